The molecule has 6 heteroatoms. The lowest BCUT2D eigenvalue weighted by Crippen LogP contribution is -2.41. The topological polar surface area (TPSA) is 69.6 Å². The summed E-state index contributed by atoms with van der Waals surface area (Å²) in [4.78, 5) is 11.7. The predicted molar refractivity (Wildman–Crippen MR) is 75.3 cm³/mol. The van der Waals surface area contributed by atoms with E-state index < -0.39 is 13.1 Å². The van der Waals surface area contributed by atoms with Crippen LogP contribution in [-0.4, -0.2) is 28.8 Å². The van der Waals surface area contributed by atoms with Crippen molar-refractivity contribution in [1.29, 1.82) is 0 Å². The van der Waals surface area contributed by atoms with Gasteiger partial charge in [-0.05, 0) is 12.5 Å². The second kappa shape index (κ2) is 6.82. The maximum absolute atomic E-state index is 11.7. The molecular weight excluding hydrogens is 249 g/mol. The van der Waals surface area contributed by atoms with Gasteiger partial charge < -0.3 is 15.4 Å². The van der Waals surface area contributed by atoms with Gasteiger partial charge in [0.2, 0.25) is 5.91 Å². The van der Waals surface area contributed by atoms with E-state index in [1.807, 2.05) is 19.1 Å². The first-order valence-electron chi connectivity index (χ1n) is 5.79. The van der Waals surface area contributed by atoms with Crippen LogP contribution in [0.3, 0.4) is 0 Å². The summed E-state index contributed by atoms with van der Waals surface area (Å²) in [5, 5.41) is 21.3. The van der Waals surface area contributed by atoms with Gasteiger partial charge >= 0.3 is 7.12 Å². The van der Waals surface area contributed by atoms with E-state index in [1.54, 1.807) is 19.1 Å². The van der Waals surface area contributed by atoms with Gasteiger partial charge in [0.25, 0.3) is 0 Å². The SMILES string of the molecule is Cc1ccc([C@@H](NC(=O)[C@H](C)CS)B(O)O)cc1. The van der Waals surface area contributed by atoms with Crippen LogP contribution in [0.2, 0.25) is 0 Å². The highest BCUT2D eigenvalue weighted by Gasteiger charge is 2.28. The molecule has 18 heavy (non-hydrogen) atoms. The zero-order chi connectivity index (χ0) is 13.7. The van der Waals surface area contributed by atoms with Crippen molar-refractivity contribution in [3.63, 3.8) is 0 Å². The number of carbonyl (C=O) groups is 1. The molecule has 0 aliphatic heterocycles. The zero-order valence-electron chi connectivity index (χ0n) is 10.5. The number of aryl methyl sites for hydroxylation is 1. The first-order valence-corrected chi connectivity index (χ1v) is 6.43. The van der Waals surface area contributed by atoms with Crippen molar-refractivity contribution in [1.82, 2.24) is 5.32 Å². The monoisotopic (exact) mass is 267 g/mol. The van der Waals surface area contributed by atoms with Crippen LogP contribution in [-0.2, 0) is 4.79 Å². The van der Waals surface area contributed by atoms with Gasteiger partial charge in [-0.3, -0.25) is 4.79 Å². The van der Waals surface area contributed by atoms with E-state index in [1.165, 1.54) is 0 Å². The minimum atomic E-state index is -1.64. The average molecular weight is 267 g/mol. The summed E-state index contributed by atoms with van der Waals surface area (Å²) >= 11 is 4.04. The first kappa shape index (κ1) is 15.1. The lowest BCUT2D eigenvalue weighted by atomic mass is 9.75. The highest BCUT2D eigenvalue weighted by molar-refractivity contribution is 7.80. The molecule has 1 aromatic carbocycles. The van der Waals surface area contributed by atoms with E-state index in [9.17, 15) is 14.8 Å². The number of nitrogens with one attached hydrogen (secondary N) is 1. The van der Waals surface area contributed by atoms with E-state index in [-0.39, 0.29) is 11.8 Å². The lowest BCUT2D eigenvalue weighted by Gasteiger charge is -2.20. The third-order valence-corrected chi connectivity index (χ3v) is 3.30. The first-order chi connectivity index (χ1) is 8.45. The number of hydrogen-bond donors (Lipinski definition) is 4. The maximum Gasteiger partial charge on any atom is 0.480 e. The Labute approximate surface area is 113 Å². The van der Waals surface area contributed by atoms with Gasteiger partial charge in [0.05, 0.1) is 5.94 Å². The van der Waals surface area contributed by atoms with Gasteiger partial charge in [0.1, 0.15) is 0 Å². The molecule has 2 atom stereocenters. The van der Waals surface area contributed by atoms with E-state index in [2.05, 4.69) is 17.9 Å². The second-order valence-electron chi connectivity index (χ2n) is 4.39. The number of thiol groups is 1. The molecule has 0 bridgehead atoms. The molecule has 3 N–H and O–H groups in total. The number of carbonyl (C=O) groups excluding carboxylic acids is 1. The molecule has 0 unspecified atom stereocenters. The third-order valence-electron chi connectivity index (χ3n) is 2.75. The summed E-state index contributed by atoms with van der Waals surface area (Å²) in [6.07, 6.45) is 0. The Hall–Kier alpha value is -0.975. The molecule has 0 radical (unpaired) electrons. The van der Waals surface area contributed by atoms with Crippen molar-refractivity contribution in [3.05, 3.63) is 35.4 Å². The Morgan fingerprint density at radius 3 is 2.39 bits per heavy atom. The lowest BCUT2D eigenvalue weighted by molar-refractivity contribution is -0.124. The van der Waals surface area contributed by atoms with Crippen molar-refractivity contribution >= 4 is 25.7 Å². The Bertz CT molecular complexity index is 397. The summed E-state index contributed by atoms with van der Waals surface area (Å²) in [7, 11) is -1.64. The molecule has 98 valence electrons. The van der Waals surface area contributed by atoms with Crippen LogP contribution in [0.1, 0.15) is 24.0 Å². The Balaban J connectivity index is 2.83. The van der Waals surface area contributed by atoms with Crippen molar-refractivity contribution < 1.29 is 14.8 Å². The van der Waals surface area contributed by atoms with E-state index >= 15 is 0 Å². The van der Waals surface area contributed by atoms with Crippen molar-refractivity contribution in [2.75, 3.05) is 5.75 Å². The van der Waals surface area contributed by atoms with E-state index in [0.717, 1.165) is 5.56 Å². The maximum atomic E-state index is 11.7. The summed E-state index contributed by atoms with van der Waals surface area (Å²) in [6, 6.07) is 7.26. The number of rotatable bonds is 5. The molecule has 0 aliphatic carbocycles. The van der Waals surface area contributed by atoms with Crippen LogP contribution in [0.4, 0.5) is 0 Å². The van der Waals surface area contributed by atoms with E-state index in [0.29, 0.717) is 11.3 Å². The van der Waals surface area contributed by atoms with Gasteiger partial charge in [-0.2, -0.15) is 12.6 Å². The Kier molecular flexibility index (Phi) is 5.72. The molecule has 1 rings (SSSR count). The number of hydrogen-bond acceptors (Lipinski definition) is 4. The quantitative estimate of drug-likeness (QED) is 0.469. The van der Waals surface area contributed by atoms with Gasteiger partial charge in [0, 0.05) is 11.7 Å². The average Bonchev–Trinajstić information content (AvgIpc) is 2.35. The molecule has 0 saturated carbocycles. The molecule has 1 aromatic rings. The summed E-state index contributed by atoms with van der Waals surface area (Å²) in [5.41, 5.74) is 1.73. The van der Waals surface area contributed by atoms with Crippen LogP contribution in [0.25, 0.3) is 0 Å². The fourth-order valence-electron chi connectivity index (χ4n) is 1.48. The molecule has 4 nitrogen and oxygen atoms in total. The fourth-order valence-corrected chi connectivity index (χ4v) is 1.65. The molecule has 0 saturated heterocycles. The van der Waals surface area contributed by atoms with E-state index in [4.69, 9.17) is 0 Å². The van der Waals surface area contributed by atoms with Crippen LogP contribution < -0.4 is 5.32 Å². The molecular formula is C12H18BNO3S. The Morgan fingerprint density at radius 1 is 1.39 bits per heavy atom. The van der Waals surface area contributed by atoms with Gasteiger partial charge in [-0.25, -0.2) is 0 Å². The minimum absolute atomic E-state index is 0.247. The molecule has 1 amide bonds. The van der Waals surface area contributed by atoms with Crippen molar-refractivity contribution in [2.24, 2.45) is 5.92 Å². The van der Waals surface area contributed by atoms with Crippen LogP contribution in [0.5, 0.6) is 0 Å². The highest BCUT2D eigenvalue weighted by atomic mass is 32.1. The zero-order valence-corrected chi connectivity index (χ0v) is 11.4. The van der Waals surface area contributed by atoms with Crippen LogP contribution in [0.15, 0.2) is 24.3 Å². The largest absolute Gasteiger partial charge is 0.480 e. The smallest absolute Gasteiger partial charge is 0.426 e. The minimum Gasteiger partial charge on any atom is -0.426 e. The third kappa shape index (κ3) is 4.05. The summed E-state index contributed by atoms with van der Waals surface area (Å²) < 4.78 is 0. The van der Waals surface area contributed by atoms with Gasteiger partial charge in [-0.1, -0.05) is 36.8 Å². The molecule has 0 fully saturated rings. The second-order valence-corrected chi connectivity index (χ2v) is 4.76. The predicted octanol–water partition coefficient (Wildman–Crippen LogP) is 0.730. The van der Waals surface area contributed by atoms with Crippen molar-refractivity contribution in [3.8, 4) is 0 Å². The fraction of sp³-hybridized carbons (Fsp3) is 0.417. The molecule has 0 heterocycles. The summed E-state index contributed by atoms with van der Waals surface area (Å²) in [6.45, 7) is 3.67. The normalized spacial score (nSPS) is 13.8. The molecule has 0 spiro atoms. The Morgan fingerprint density at radius 2 is 1.94 bits per heavy atom. The van der Waals surface area contributed by atoms with Crippen molar-refractivity contribution in [2.45, 2.75) is 19.8 Å². The summed E-state index contributed by atoms with van der Waals surface area (Å²) in [5.74, 6) is -0.933. The highest BCUT2D eigenvalue weighted by Crippen LogP contribution is 2.16. The van der Waals surface area contributed by atoms with Gasteiger partial charge in [-0.15, -0.1) is 0 Å². The molecule has 0 aromatic heterocycles. The molecule has 0 aliphatic rings. The number of benzene rings is 1. The van der Waals surface area contributed by atoms with Crippen LogP contribution in [0, 0.1) is 12.8 Å². The standard InChI is InChI=1S/C12H18BNO3S/c1-8-3-5-10(6-4-8)11(13(16)17)14-12(15)9(2)7-18/h3-6,9,11,16-18H,7H2,1-2H3,(H,14,15)/t9-,11-/m1/s1. The van der Waals surface area contributed by atoms with Crippen LogP contribution >= 0.6 is 12.6 Å². The number of amides is 1. The van der Waals surface area contributed by atoms with Gasteiger partial charge in [0.15, 0.2) is 0 Å².